The van der Waals surface area contributed by atoms with Crippen molar-refractivity contribution in [1.29, 1.82) is 0 Å². The van der Waals surface area contributed by atoms with E-state index in [2.05, 4.69) is 55.7 Å². The van der Waals surface area contributed by atoms with E-state index in [9.17, 15) is 33.1 Å². The Morgan fingerprint density at radius 1 is 0.841 bits per heavy atom. The molecule has 17 heteroatoms. The Morgan fingerprint density at radius 3 is 2.02 bits per heavy atom. The third-order valence-corrected chi connectivity index (χ3v) is 11.9. The molecule has 1 aliphatic rings. The van der Waals surface area contributed by atoms with Crippen LogP contribution in [0.1, 0.15) is 78.1 Å². The first-order chi connectivity index (χ1) is 30.0. The maximum atomic E-state index is 14.0. The van der Waals surface area contributed by atoms with Crippen LogP contribution in [0.3, 0.4) is 0 Å². The first-order valence-corrected chi connectivity index (χ1v) is 21.2. The summed E-state index contributed by atoms with van der Waals surface area (Å²) < 4.78 is 35.1. The van der Waals surface area contributed by atoms with Crippen LogP contribution in [0.4, 0.5) is 18.4 Å². The number of nitrogens with one attached hydrogen (secondary N) is 4. The molecular weight excluding hydrogens is 815 g/mol. The largest absolute Gasteiger partial charge is 0.465 e. The fraction of sp³-hybridized carbons (Fsp3) is 0.435. The highest BCUT2D eigenvalue weighted by molar-refractivity contribution is 6.07. The third-order valence-electron chi connectivity index (χ3n) is 11.9. The van der Waals surface area contributed by atoms with E-state index in [-0.39, 0.29) is 36.9 Å². The van der Waals surface area contributed by atoms with Gasteiger partial charge < -0.3 is 45.0 Å². The van der Waals surface area contributed by atoms with Crippen molar-refractivity contribution in [2.75, 3.05) is 26.8 Å². The van der Waals surface area contributed by atoms with E-state index in [0.29, 0.717) is 23.7 Å². The van der Waals surface area contributed by atoms with Gasteiger partial charge in [0, 0.05) is 23.9 Å². The summed E-state index contributed by atoms with van der Waals surface area (Å²) in [6.45, 7) is 8.01. The molecule has 0 spiro atoms. The molecule has 0 aliphatic carbocycles. The monoisotopic (exact) mass is 868 g/mol. The van der Waals surface area contributed by atoms with Crippen LogP contribution in [0.2, 0.25) is 0 Å². The molecule has 2 aromatic heterocycles. The highest BCUT2D eigenvalue weighted by atomic mass is 19.3. The summed E-state index contributed by atoms with van der Waals surface area (Å²) in [6.07, 6.45) is -0.436. The number of aromatic amines is 2. The Labute approximate surface area is 362 Å². The second-order valence-corrected chi connectivity index (χ2v) is 17.1. The number of hydrogen-bond acceptors (Lipinski definition) is 8. The molecule has 1 aliphatic heterocycles. The van der Waals surface area contributed by atoms with E-state index in [1.54, 1.807) is 32.6 Å². The molecule has 1 saturated heterocycles. The molecule has 7 rings (SSSR count). The van der Waals surface area contributed by atoms with Crippen LogP contribution >= 0.6 is 0 Å². The number of imidazole rings is 2. The zero-order valence-electron chi connectivity index (χ0n) is 36.4. The van der Waals surface area contributed by atoms with Gasteiger partial charge in [0.1, 0.15) is 23.7 Å². The lowest BCUT2D eigenvalue weighted by Crippen LogP contribution is -2.52. The Kier molecular flexibility index (Phi) is 13.2. The molecule has 4 amide bonds. The molecule has 1 fully saturated rings. The van der Waals surface area contributed by atoms with Crippen LogP contribution in [-0.2, 0) is 19.1 Å². The summed E-state index contributed by atoms with van der Waals surface area (Å²) in [5.74, 6) is -0.528. The maximum Gasteiger partial charge on any atom is 0.407 e. The number of carbonyl (C=O) groups is 4. The molecule has 6 aromatic rings. The number of nitrogens with zero attached hydrogens (tertiary/aromatic N) is 4. The number of alkyl carbamates (subject to hydrolysis) is 1. The number of likely N-dealkylation sites (tertiary alicyclic amines) is 1. The molecule has 1 unspecified atom stereocenters. The van der Waals surface area contributed by atoms with Crippen molar-refractivity contribution < 1.29 is 42.5 Å². The fourth-order valence-electron chi connectivity index (χ4n) is 8.59. The molecular formula is C46H54F2N8O7. The molecule has 0 bridgehead atoms. The van der Waals surface area contributed by atoms with Crippen molar-refractivity contribution in [3.05, 3.63) is 72.3 Å². The van der Waals surface area contributed by atoms with Gasteiger partial charge in [-0.1, -0.05) is 71.0 Å². The highest BCUT2D eigenvalue weighted by Gasteiger charge is 2.38. The van der Waals surface area contributed by atoms with Crippen molar-refractivity contribution in [1.82, 2.24) is 40.4 Å². The number of alkyl halides is 2. The van der Waals surface area contributed by atoms with Gasteiger partial charge in [-0.25, -0.2) is 19.6 Å². The summed E-state index contributed by atoms with van der Waals surface area (Å²) in [5, 5.41) is 18.3. The number of fused-ring (bicyclic) bond motifs is 6. The Hall–Kier alpha value is -6.36. The minimum atomic E-state index is -2.96. The first-order valence-electron chi connectivity index (χ1n) is 21.2. The number of halogens is 2. The average Bonchev–Trinajstić information content (AvgIpc) is 4.03. The predicted octanol–water partition coefficient (Wildman–Crippen LogP) is 8.51. The Balaban J connectivity index is 1.15. The topological polar surface area (TPSA) is 195 Å². The molecule has 63 heavy (non-hydrogen) atoms. The minimum absolute atomic E-state index is 0.0214. The number of amides is 4. The molecule has 334 valence electrons. The van der Waals surface area contributed by atoms with Gasteiger partial charge in [-0.05, 0) is 83.7 Å². The van der Waals surface area contributed by atoms with Gasteiger partial charge in [-0.2, -0.15) is 8.78 Å². The van der Waals surface area contributed by atoms with Crippen LogP contribution < -0.4 is 10.6 Å². The Bertz CT molecular complexity index is 2660. The SMILES string of the molecule is COC(=O)NC(C(=O)N1CCC[C@H]1c1nc2c(ccc3cc(-c4ccc5c(ccc6[nH]c([C@H](C)N(C[C@H](C)COC(F)F)C(=O)[C@@H](NC(=O)O)C(C)C)nc65)c4)ccc32)[nH]1)C(C)C. The van der Waals surface area contributed by atoms with Crippen LogP contribution in [0, 0.1) is 17.8 Å². The number of benzene rings is 4. The fourth-order valence-corrected chi connectivity index (χ4v) is 8.59. The molecule has 4 aromatic carbocycles. The maximum absolute atomic E-state index is 14.0. The van der Waals surface area contributed by atoms with E-state index in [4.69, 9.17) is 14.7 Å². The van der Waals surface area contributed by atoms with E-state index >= 15 is 0 Å². The summed E-state index contributed by atoms with van der Waals surface area (Å²) in [5.41, 5.74) is 5.07. The van der Waals surface area contributed by atoms with Gasteiger partial charge in [0.15, 0.2) is 0 Å². The van der Waals surface area contributed by atoms with Crippen molar-refractivity contribution in [3.8, 4) is 11.1 Å². The quantitative estimate of drug-likeness (QED) is 0.0673. The van der Waals surface area contributed by atoms with Crippen LogP contribution in [0.15, 0.2) is 60.7 Å². The number of aromatic nitrogens is 4. The van der Waals surface area contributed by atoms with E-state index < -0.39 is 48.7 Å². The predicted molar refractivity (Wildman–Crippen MR) is 235 cm³/mol. The van der Waals surface area contributed by atoms with E-state index in [1.807, 2.05) is 44.2 Å². The van der Waals surface area contributed by atoms with Crippen molar-refractivity contribution in [2.45, 2.75) is 85.2 Å². The van der Waals surface area contributed by atoms with Gasteiger partial charge in [-0.15, -0.1) is 0 Å². The molecule has 3 heterocycles. The van der Waals surface area contributed by atoms with Gasteiger partial charge in [-0.3, -0.25) is 9.59 Å². The number of hydrogen-bond donors (Lipinski definition) is 5. The number of carbonyl (C=O) groups excluding carboxylic acids is 3. The number of carboxylic acid groups (broad SMARTS) is 1. The number of methoxy groups -OCH3 is 1. The molecule has 15 nitrogen and oxygen atoms in total. The molecule has 0 saturated carbocycles. The number of H-pyrrole nitrogens is 2. The number of ether oxygens (including phenoxy) is 2. The summed E-state index contributed by atoms with van der Waals surface area (Å²) in [6, 6.07) is 17.6. The van der Waals surface area contributed by atoms with Crippen LogP contribution in [0.5, 0.6) is 0 Å². The zero-order valence-corrected chi connectivity index (χ0v) is 36.4. The second kappa shape index (κ2) is 18.5. The van der Waals surface area contributed by atoms with Crippen molar-refractivity contribution in [2.24, 2.45) is 17.8 Å². The smallest absolute Gasteiger partial charge is 0.407 e. The lowest BCUT2D eigenvalue weighted by atomic mass is 9.98. The molecule has 5 N–H and O–H groups in total. The van der Waals surface area contributed by atoms with Crippen molar-refractivity contribution in [3.63, 3.8) is 0 Å². The average molecular weight is 869 g/mol. The van der Waals surface area contributed by atoms with Gasteiger partial charge >= 0.3 is 18.8 Å². The lowest BCUT2D eigenvalue weighted by molar-refractivity contribution is -0.145. The number of rotatable bonds is 15. The molecule has 5 atom stereocenters. The molecule has 0 radical (unpaired) electrons. The standard InChI is InChI=1S/C46H54F2N8O7/c1-23(2)36(53-45(59)60)43(58)56(21-25(5)22-63-44(47)48)26(6)40-49-33-16-12-29-19-27(10-14-31(29)38(33)51-40)28-11-15-32-30(20-28)13-17-34-39(32)52-41(50-34)35-9-8-18-55(35)42(57)37(24(3)4)54-46(61)62-7/h10-17,19-20,23-26,35-37,44,53H,8-9,18,21-22H2,1-7H3,(H,49,51)(H,50,52)(H,54,61)(H,59,60)/t25-,26-,35-,36-,37?/m0/s1. The highest BCUT2D eigenvalue weighted by Crippen LogP contribution is 2.36. The first kappa shape index (κ1) is 44.7. The second-order valence-electron chi connectivity index (χ2n) is 17.1. The van der Waals surface area contributed by atoms with Gasteiger partial charge in [0.25, 0.3) is 0 Å². The lowest BCUT2D eigenvalue weighted by Gasteiger charge is -2.34. The van der Waals surface area contributed by atoms with Crippen LogP contribution in [-0.4, -0.2) is 104 Å². The summed E-state index contributed by atoms with van der Waals surface area (Å²) in [4.78, 5) is 71.5. The Morgan fingerprint density at radius 2 is 1.44 bits per heavy atom. The normalized spacial score (nSPS) is 16.3. The van der Waals surface area contributed by atoms with Gasteiger partial charge in [0.05, 0.1) is 47.9 Å². The summed E-state index contributed by atoms with van der Waals surface area (Å²) >= 11 is 0. The zero-order chi connectivity index (χ0) is 45.3. The van der Waals surface area contributed by atoms with Crippen LogP contribution in [0.25, 0.3) is 54.7 Å². The van der Waals surface area contributed by atoms with Gasteiger partial charge in [0.2, 0.25) is 11.8 Å². The third kappa shape index (κ3) is 9.38. The minimum Gasteiger partial charge on any atom is -0.465 e. The van der Waals surface area contributed by atoms with Crippen molar-refractivity contribution >= 4 is 67.6 Å². The van der Waals surface area contributed by atoms with E-state index in [1.165, 1.54) is 12.0 Å². The van der Waals surface area contributed by atoms with E-state index in [0.717, 1.165) is 62.1 Å². The summed E-state index contributed by atoms with van der Waals surface area (Å²) in [7, 11) is 1.28.